The maximum Gasteiger partial charge on any atom is 0.170 e. The molecular formula is C24H28N4OS. The molecule has 5 nitrogen and oxygen atoms in total. The molecule has 0 spiro atoms. The van der Waals surface area contributed by atoms with Gasteiger partial charge >= 0.3 is 0 Å². The van der Waals surface area contributed by atoms with Crippen LogP contribution in [0.1, 0.15) is 48.9 Å². The van der Waals surface area contributed by atoms with Crippen molar-refractivity contribution < 1.29 is 4.74 Å². The van der Waals surface area contributed by atoms with Crippen LogP contribution < -0.4 is 10.1 Å². The molecule has 2 aromatic heterocycles. The third-order valence-electron chi connectivity index (χ3n) is 5.69. The molecule has 1 aromatic carbocycles. The number of ether oxygens (including phenoxy) is 1. The third kappa shape index (κ3) is 3.79. The Bertz CT molecular complexity index is 1000. The van der Waals surface area contributed by atoms with Gasteiger partial charge in [0.05, 0.1) is 24.9 Å². The first-order chi connectivity index (χ1) is 14.6. The van der Waals surface area contributed by atoms with Gasteiger partial charge in [-0.2, -0.15) is 0 Å². The molecule has 1 aliphatic heterocycles. The topological polar surface area (TPSA) is 42.3 Å². The summed E-state index contributed by atoms with van der Waals surface area (Å²) < 4.78 is 7.66. The minimum absolute atomic E-state index is 0.00172. The van der Waals surface area contributed by atoms with Crippen LogP contribution >= 0.6 is 12.2 Å². The summed E-state index contributed by atoms with van der Waals surface area (Å²) in [6.07, 6.45) is 4.06. The van der Waals surface area contributed by atoms with Gasteiger partial charge in [-0.3, -0.25) is 4.98 Å². The maximum atomic E-state index is 5.77. The van der Waals surface area contributed by atoms with E-state index < -0.39 is 0 Å². The Hall–Kier alpha value is -2.86. The van der Waals surface area contributed by atoms with Gasteiger partial charge in [0, 0.05) is 29.8 Å². The minimum atomic E-state index is 0.00172. The molecule has 2 atom stereocenters. The van der Waals surface area contributed by atoms with Crippen LogP contribution in [0.15, 0.2) is 60.8 Å². The Morgan fingerprint density at radius 1 is 1.10 bits per heavy atom. The second kappa shape index (κ2) is 8.88. The number of hydrogen-bond acceptors (Lipinski definition) is 3. The van der Waals surface area contributed by atoms with Crippen LogP contribution in [0.5, 0.6) is 5.75 Å². The molecule has 1 saturated heterocycles. The average molecular weight is 421 g/mol. The summed E-state index contributed by atoms with van der Waals surface area (Å²) in [7, 11) is 1.69. The molecule has 3 heterocycles. The molecule has 156 valence electrons. The first-order valence-corrected chi connectivity index (χ1v) is 10.9. The quantitative estimate of drug-likeness (QED) is 0.547. The average Bonchev–Trinajstić information content (AvgIpc) is 3.32. The second-order valence-electron chi connectivity index (χ2n) is 7.61. The van der Waals surface area contributed by atoms with Crippen molar-refractivity contribution >= 4 is 17.3 Å². The van der Waals surface area contributed by atoms with Crippen LogP contribution in [-0.4, -0.2) is 33.2 Å². The normalized spacial score (nSPS) is 18.5. The van der Waals surface area contributed by atoms with Crippen molar-refractivity contribution in [1.82, 2.24) is 19.8 Å². The molecule has 0 bridgehead atoms. The number of nitrogens with zero attached hydrogens (tertiary/aromatic N) is 3. The van der Waals surface area contributed by atoms with E-state index in [9.17, 15) is 0 Å². The van der Waals surface area contributed by atoms with E-state index in [-0.39, 0.29) is 12.1 Å². The van der Waals surface area contributed by atoms with Crippen molar-refractivity contribution in [2.45, 2.75) is 38.8 Å². The molecule has 0 saturated carbocycles. The molecule has 0 aliphatic carbocycles. The Kier molecular flexibility index (Phi) is 6.04. The lowest BCUT2D eigenvalue weighted by Gasteiger charge is -2.29. The van der Waals surface area contributed by atoms with Gasteiger partial charge < -0.3 is 19.5 Å². The van der Waals surface area contributed by atoms with Crippen molar-refractivity contribution in [3.63, 3.8) is 0 Å². The smallest absolute Gasteiger partial charge is 0.170 e. The zero-order chi connectivity index (χ0) is 21.1. The molecule has 1 aliphatic rings. The van der Waals surface area contributed by atoms with E-state index >= 15 is 0 Å². The van der Waals surface area contributed by atoms with Crippen molar-refractivity contribution in [2.75, 3.05) is 13.7 Å². The number of pyridine rings is 1. The van der Waals surface area contributed by atoms with E-state index in [1.165, 1.54) is 11.4 Å². The van der Waals surface area contributed by atoms with Crippen LogP contribution in [0, 0.1) is 6.92 Å². The predicted molar refractivity (Wildman–Crippen MR) is 124 cm³/mol. The number of unbranched alkanes of at least 4 members (excludes halogenated alkanes) is 1. The van der Waals surface area contributed by atoms with E-state index in [0.29, 0.717) is 0 Å². The van der Waals surface area contributed by atoms with E-state index in [1.807, 2.05) is 30.5 Å². The summed E-state index contributed by atoms with van der Waals surface area (Å²) in [5, 5.41) is 4.34. The van der Waals surface area contributed by atoms with Crippen molar-refractivity contribution in [3.05, 3.63) is 77.9 Å². The van der Waals surface area contributed by atoms with Gasteiger partial charge in [-0.15, -0.1) is 0 Å². The summed E-state index contributed by atoms with van der Waals surface area (Å²) in [6, 6.07) is 18.7. The van der Waals surface area contributed by atoms with Gasteiger partial charge in [-0.1, -0.05) is 19.4 Å². The number of thiocarbonyl (C=S) groups is 1. The molecule has 0 radical (unpaired) electrons. The van der Waals surface area contributed by atoms with Gasteiger partial charge in [-0.05, 0) is 74.1 Å². The minimum Gasteiger partial charge on any atom is -0.497 e. The fourth-order valence-corrected chi connectivity index (χ4v) is 4.50. The first-order valence-electron chi connectivity index (χ1n) is 10.4. The summed E-state index contributed by atoms with van der Waals surface area (Å²) in [6.45, 7) is 5.27. The number of methoxy groups -OCH3 is 1. The van der Waals surface area contributed by atoms with Gasteiger partial charge in [-0.25, -0.2) is 0 Å². The number of benzene rings is 1. The Labute approximate surface area is 183 Å². The van der Waals surface area contributed by atoms with Gasteiger partial charge in [0.1, 0.15) is 5.75 Å². The zero-order valence-electron chi connectivity index (χ0n) is 17.7. The molecule has 0 amide bonds. The Balaban J connectivity index is 1.81. The summed E-state index contributed by atoms with van der Waals surface area (Å²) >= 11 is 5.77. The molecule has 0 unspecified atom stereocenters. The summed E-state index contributed by atoms with van der Waals surface area (Å²) in [5.74, 6) is 0.852. The number of nitrogens with one attached hydrogen (secondary N) is 1. The Morgan fingerprint density at radius 2 is 1.90 bits per heavy atom. The van der Waals surface area contributed by atoms with Crippen molar-refractivity contribution in [3.8, 4) is 11.4 Å². The molecule has 1 N–H and O–H groups in total. The van der Waals surface area contributed by atoms with Crippen LogP contribution in [0.2, 0.25) is 0 Å². The summed E-state index contributed by atoms with van der Waals surface area (Å²) in [4.78, 5) is 6.97. The van der Waals surface area contributed by atoms with Crippen LogP contribution in [-0.2, 0) is 0 Å². The fourth-order valence-electron chi connectivity index (χ4n) is 4.17. The SMILES string of the molecule is CCCCN1C(=S)N[C@@H](c2ccccn2)[C@H]1c1ccc(C)n1-c1ccc(OC)cc1. The Morgan fingerprint density at radius 3 is 2.57 bits per heavy atom. The molecule has 4 rings (SSSR count). The highest BCUT2D eigenvalue weighted by Gasteiger charge is 2.41. The molecule has 6 heteroatoms. The van der Waals surface area contributed by atoms with Crippen molar-refractivity contribution in [1.29, 1.82) is 0 Å². The fraction of sp³-hybridized carbons (Fsp3) is 0.333. The van der Waals surface area contributed by atoms with Crippen LogP contribution in [0.25, 0.3) is 5.69 Å². The highest BCUT2D eigenvalue weighted by atomic mass is 32.1. The van der Waals surface area contributed by atoms with Gasteiger partial charge in [0.15, 0.2) is 5.11 Å². The standard InChI is InChI=1S/C24H28N4OS/c1-4-5-16-27-23(22(26-24(27)30)20-8-6-7-15-25-20)21-14-9-17(2)28(21)18-10-12-19(29-3)13-11-18/h6-15,22-23H,4-5,16H2,1-3H3,(H,26,30)/t22-,23+/m0/s1. The molecular weight excluding hydrogens is 392 g/mol. The number of aromatic nitrogens is 2. The van der Waals surface area contributed by atoms with Crippen LogP contribution in [0.3, 0.4) is 0 Å². The first kappa shape index (κ1) is 20.4. The third-order valence-corrected chi connectivity index (χ3v) is 6.04. The largest absolute Gasteiger partial charge is 0.497 e. The lowest BCUT2D eigenvalue weighted by molar-refractivity contribution is 0.304. The number of rotatable bonds is 7. The molecule has 1 fully saturated rings. The summed E-state index contributed by atoms with van der Waals surface area (Å²) in [5.41, 5.74) is 4.50. The van der Waals surface area contributed by atoms with Gasteiger partial charge in [0.2, 0.25) is 0 Å². The lowest BCUT2D eigenvalue weighted by atomic mass is 10.0. The maximum absolute atomic E-state index is 5.77. The molecule has 30 heavy (non-hydrogen) atoms. The second-order valence-corrected chi connectivity index (χ2v) is 7.99. The van der Waals surface area contributed by atoms with E-state index in [2.05, 4.69) is 63.9 Å². The van der Waals surface area contributed by atoms with Gasteiger partial charge in [0.25, 0.3) is 0 Å². The lowest BCUT2D eigenvalue weighted by Crippen LogP contribution is -2.31. The van der Waals surface area contributed by atoms with Crippen LogP contribution in [0.4, 0.5) is 0 Å². The number of aryl methyl sites for hydroxylation is 1. The van der Waals surface area contributed by atoms with E-state index in [1.54, 1.807) is 7.11 Å². The van der Waals surface area contributed by atoms with Crippen molar-refractivity contribution in [2.24, 2.45) is 0 Å². The van der Waals surface area contributed by atoms with E-state index in [0.717, 1.165) is 41.6 Å². The van der Waals surface area contributed by atoms with E-state index in [4.69, 9.17) is 17.0 Å². The monoisotopic (exact) mass is 420 g/mol. The highest BCUT2D eigenvalue weighted by Crippen LogP contribution is 2.40. The number of hydrogen-bond donors (Lipinski definition) is 1. The molecule has 3 aromatic rings. The zero-order valence-corrected chi connectivity index (χ0v) is 18.5. The highest BCUT2D eigenvalue weighted by molar-refractivity contribution is 7.80. The predicted octanol–water partition coefficient (Wildman–Crippen LogP) is 4.96.